The van der Waals surface area contributed by atoms with E-state index in [0.29, 0.717) is 44.1 Å². The molecule has 7 aliphatic rings. The van der Waals surface area contributed by atoms with Gasteiger partial charge in [-0.1, -0.05) is 90.5 Å². The third-order valence-electron chi connectivity index (χ3n) is 17.2. The summed E-state index contributed by atoms with van der Waals surface area (Å²) in [6.45, 7) is 17.1. The summed E-state index contributed by atoms with van der Waals surface area (Å²) in [5.74, 6) is -4.62. The van der Waals surface area contributed by atoms with Gasteiger partial charge in [-0.15, -0.1) is 0 Å². The minimum absolute atomic E-state index is 0.0128. The first kappa shape index (κ1) is 39.1. The lowest BCUT2D eigenvalue weighted by Crippen LogP contribution is -2.63. The number of aliphatic carboxylic acids is 2. The number of hydrogen-bond donors (Lipinski definition) is 2. The van der Waals surface area contributed by atoms with Gasteiger partial charge in [0.1, 0.15) is 6.10 Å². The first-order valence-corrected chi connectivity index (χ1v) is 20.8. The summed E-state index contributed by atoms with van der Waals surface area (Å²) < 4.78 is 12.4. The topological polar surface area (TPSA) is 127 Å². The van der Waals surface area contributed by atoms with Gasteiger partial charge in [-0.3, -0.25) is 19.2 Å². The highest BCUT2D eigenvalue weighted by atomic mass is 16.5. The summed E-state index contributed by atoms with van der Waals surface area (Å²) in [5.41, 5.74) is 2.70. The van der Waals surface area contributed by atoms with Gasteiger partial charge in [-0.05, 0) is 123 Å². The number of allylic oxidation sites excluding steroid dienone is 8. The highest BCUT2D eigenvalue weighted by Gasteiger charge is 2.67. The molecule has 0 aliphatic heterocycles. The van der Waals surface area contributed by atoms with E-state index in [1.807, 2.05) is 24.3 Å². The molecule has 8 heteroatoms. The van der Waals surface area contributed by atoms with Crippen molar-refractivity contribution in [1.82, 2.24) is 0 Å². The zero-order chi connectivity index (χ0) is 39.1. The Morgan fingerprint density at radius 2 is 1.28 bits per heavy atom. The fourth-order valence-electron chi connectivity index (χ4n) is 13.3. The third-order valence-corrected chi connectivity index (χ3v) is 17.2. The molecular weight excluding hydrogens is 680 g/mol. The zero-order valence-electron chi connectivity index (χ0n) is 33.7. The zero-order valence-corrected chi connectivity index (χ0v) is 33.7. The van der Waals surface area contributed by atoms with E-state index >= 15 is 0 Å². The van der Waals surface area contributed by atoms with Crippen LogP contribution >= 0.6 is 0 Å². The molecule has 296 valence electrons. The second-order valence-electron chi connectivity index (χ2n) is 20.5. The molecular formula is C46H64O8. The van der Waals surface area contributed by atoms with E-state index in [0.717, 1.165) is 57.8 Å². The van der Waals surface area contributed by atoms with Crippen molar-refractivity contribution in [2.24, 2.45) is 68.0 Å². The first-order valence-electron chi connectivity index (χ1n) is 20.8. The molecule has 7 rings (SSSR count). The number of carbonyl (C=O) groups excluding carboxylic acids is 2. The molecule has 10 unspecified atom stereocenters. The second-order valence-corrected chi connectivity index (χ2v) is 20.5. The molecule has 0 spiro atoms. The molecule has 0 bridgehead atoms. The van der Waals surface area contributed by atoms with Crippen LogP contribution in [0.4, 0.5) is 0 Å². The van der Waals surface area contributed by atoms with E-state index in [1.165, 1.54) is 11.1 Å². The Labute approximate surface area is 322 Å². The quantitative estimate of drug-likeness (QED) is 0.195. The lowest BCUT2D eigenvalue weighted by molar-refractivity contribution is -0.202. The van der Waals surface area contributed by atoms with Crippen LogP contribution in [0.25, 0.3) is 0 Å². The number of ether oxygens (including phenoxy) is 2. The maximum absolute atomic E-state index is 13.6. The lowest BCUT2D eigenvalue weighted by atomic mass is 9.35. The van der Waals surface area contributed by atoms with Gasteiger partial charge in [0.2, 0.25) is 0 Å². The van der Waals surface area contributed by atoms with Crippen LogP contribution in [0.1, 0.15) is 132 Å². The van der Waals surface area contributed by atoms with Gasteiger partial charge >= 0.3 is 23.9 Å². The van der Waals surface area contributed by atoms with Gasteiger partial charge in [0, 0.05) is 10.8 Å². The molecule has 3 saturated carbocycles. The number of fused-ring (bicyclic) bond motifs is 6. The Balaban J connectivity index is 1.12. The van der Waals surface area contributed by atoms with E-state index in [-0.39, 0.29) is 50.5 Å². The number of carboxylic acids is 2. The van der Waals surface area contributed by atoms with Crippen LogP contribution in [0.15, 0.2) is 47.6 Å². The largest absolute Gasteiger partial charge is 0.481 e. The molecule has 3 fully saturated rings. The van der Waals surface area contributed by atoms with Gasteiger partial charge in [-0.25, -0.2) is 0 Å². The average Bonchev–Trinajstić information content (AvgIpc) is 3.13. The van der Waals surface area contributed by atoms with Gasteiger partial charge in [0.05, 0.1) is 30.3 Å². The predicted molar refractivity (Wildman–Crippen MR) is 206 cm³/mol. The van der Waals surface area contributed by atoms with Crippen molar-refractivity contribution in [3.05, 3.63) is 47.6 Å². The van der Waals surface area contributed by atoms with Crippen LogP contribution in [0.5, 0.6) is 0 Å². The van der Waals surface area contributed by atoms with E-state index in [9.17, 15) is 29.4 Å². The Morgan fingerprint density at radius 1 is 0.704 bits per heavy atom. The Bertz CT molecular complexity index is 1700. The first-order chi connectivity index (χ1) is 25.3. The van der Waals surface area contributed by atoms with Crippen LogP contribution in [0.3, 0.4) is 0 Å². The highest BCUT2D eigenvalue weighted by molar-refractivity contribution is 5.82. The molecule has 0 saturated heterocycles. The minimum atomic E-state index is -0.934. The van der Waals surface area contributed by atoms with Crippen LogP contribution in [-0.4, -0.2) is 46.8 Å². The molecule has 0 aromatic carbocycles. The predicted octanol–water partition coefficient (Wildman–Crippen LogP) is 9.50. The molecule has 2 N–H and O–H groups in total. The third kappa shape index (κ3) is 6.06. The van der Waals surface area contributed by atoms with Crippen molar-refractivity contribution in [1.29, 1.82) is 0 Å². The molecule has 0 aromatic rings. The number of carboxylic acid groups (broad SMARTS) is 2. The van der Waals surface area contributed by atoms with Crippen LogP contribution < -0.4 is 0 Å². The van der Waals surface area contributed by atoms with E-state index in [1.54, 1.807) is 0 Å². The molecule has 0 aromatic heterocycles. The Kier molecular flexibility index (Phi) is 9.77. The number of carbonyl (C=O) groups is 4. The summed E-state index contributed by atoms with van der Waals surface area (Å²) in [7, 11) is 0. The van der Waals surface area contributed by atoms with Crippen molar-refractivity contribution in [2.75, 3.05) is 6.61 Å². The monoisotopic (exact) mass is 744 g/mol. The number of hydrogen-bond acceptors (Lipinski definition) is 6. The van der Waals surface area contributed by atoms with Crippen molar-refractivity contribution < 1.29 is 38.9 Å². The standard InChI is InChI=1S/C46H64O8/c1-41(2)34-18-21-46(7)35(44(34,5)20-19-36(41)54-40(52)31-15-11-9-13-29(31)38(49)50)17-16-32-33-26-42(3,22-23-43(33,4)24-25-45(32,46)6)27-53-39(51)30-14-10-8-12-28(30)37(47)48/h8-11,16-17,28-31,34-36H,12-15,18-27H2,1-7H3,(H,47,48)(H,49,50)/t28?,29?,30?,31?,34?,35?,36?,42-,43?,44?,45+,46?/m0/s1. The Morgan fingerprint density at radius 3 is 1.89 bits per heavy atom. The van der Waals surface area contributed by atoms with Gasteiger partial charge in [0.25, 0.3) is 0 Å². The number of esters is 2. The van der Waals surface area contributed by atoms with E-state index < -0.39 is 35.6 Å². The summed E-state index contributed by atoms with van der Waals surface area (Å²) >= 11 is 0. The van der Waals surface area contributed by atoms with E-state index in [4.69, 9.17) is 9.47 Å². The average molecular weight is 745 g/mol. The molecule has 7 aliphatic carbocycles. The van der Waals surface area contributed by atoms with Crippen LogP contribution in [0.2, 0.25) is 0 Å². The SMILES string of the molecule is CC12CC[C@](C)(COC(=O)C3CC=CCC3C(=O)O)CC1=C1C=CC3C4(C)CCC(OC(=O)C5CC=CCC5C(=O)O)C(C)(C)C4CCC3(C)[C@]1(C)CC2. The fourth-order valence-corrected chi connectivity index (χ4v) is 13.3. The Hall–Kier alpha value is -3.16. The lowest BCUT2D eigenvalue weighted by Gasteiger charge is -2.69. The van der Waals surface area contributed by atoms with Gasteiger partial charge in [-0.2, -0.15) is 0 Å². The maximum Gasteiger partial charge on any atom is 0.310 e. The summed E-state index contributed by atoms with van der Waals surface area (Å²) in [4.78, 5) is 50.8. The highest BCUT2D eigenvalue weighted by Crippen LogP contribution is 2.74. The molecule has 8 nitrogen and oxygen atoms in total. The normalized spacial score (nSPS) is 44.9. The molecule has 0 radical (unpaired) electrons. The number of rotatable bonds is 7. The second kappa shape index (κ2) is 13.5. The molecule has 0 amide bonds. The van der Waals surface area contributed by atoms with Crippen molar-refractivity contribution >= 4 is 23.9 Å². The summed E-state index contributed by atoms with van der Waals surface area (Å²) in [6.07, 6.45) is 22.9. The van der Waals surface area contributed by atoms with Gasteiger partial charge < -0.3 is 19.7 Å². The summed E-state index contributed by atoms with van der Waals surface area (Å²) in [5, 5.41) is 19.6. The fraction of sp³-hybridized carbons (Fsp3) is 0.739. The van der Waals surface area contributed by atoms with Crippen LogP contribution in [-0.2, 0) is 28.7 Å². The molecule has 0 heterocycles. The smallest absolute Gasteiger partial charge is 0.310 e. The van der Waals surface area contributed by atoms with Gasteiger partial charge in [0.15, 0.2) is 0 Å². The van der Waals surface area contributed by atoms with Crippen molar-refractivity contribution in [3.63, 3.8) is 0 Å². The summed E-state index contributed by atoms with van der Waals surface area (Å²) in [6, 6.07) is 0. The minimum Gasteiger partial charge on any atom is -0.481 e. The molecule has 54 heavy (non-hydrogen) atoms. The molecule has 12 atom stereocenters. The van der Waals surface area contributed by atoms with Crippen molar-refractivity contribution in [2.45, 2.75) is 138 Å². The van der Waals surface area contributed by atoms with Crippen molar-refractivity contribution in [3.8, 4) is 0 Å². The van der Waals surface area contributed by atoms with E-state index in [2.05, 4.69) is 60.6 Å². The maximum atomic E-state index is 13.6. The van der Waals surface area contributed by atoms with Crippen LogP contribution in [0, 0.1) is 68.0 Å².